The maximum Gasteiger partial charge on any atom is 0.161 e. The van der Waals surface area contributed by atoms with Crippen molar-refractivity contribution in [3.05, 3.63) is 35.1 Å². The van der Waals surface area contributed by atoms with Crippen molar-refractivity contribution in [3.8, 4) is 0 Å². The van der Waals surface area contributed by atoms with Gasteiger partial charge in [-0.25, -0.2) is 13.2 Å². The van der Waals surface area contributed by atoms with Crippen LogP contribution in [0.3, 0.4) is 0 Å². The van der Waals surface area contributed by atoms with Crippen LogP contribution >= 0.6 is 0 Å². The van der Waals surface area contributed by atoms with Crippen LogP contribution in [0.15, 0.2) is 12.1 Å². The molecule has 0 saturated heterocycles. The Hall–Kier alpha value is -1.03. The van der Waals surface area contributed by atoms with E-state index in [1.54, 1.807) is 6.92 Å². The van der Waals surface area contributed by atoms with E-state index in [4.69, 9.17) is 0 Å². The Morgan fingerprint density at radius 1 is 1.13 bits per heavy atom. The molecule has 1 nitrogen and oxygen atoms in total. The zero-order chi connectivity index (χ0) is 11.6. The molecule has 4 heteroatoms. The molecule has 0 bridgehead atoms. The number of aliphatic hydroxyl groups excluding tert-OH is 1. The lowest BCUT2D eigenvalue weighted by Gasteiger charge is -2.18. The van der Waals surface area contributed by atoms with Crippen LogP contribution < -0.4 is 0 Å². The smallest absolute Gasteiger partial charge is 0.161 e. The monoisotopic (exact) mass is 218 g/mol. The first-order valence-corrected chi connectivity index (χ1v) is 4.79. The van der Waals surface area contributed by atoms with Crippen LogP contribution in [0.2, 0.25) is 0 Å². The quantitative estimate of drug-likeness (QED) is 0.772. The van der Waals surface area contributed by atoms with Crippen molar-refractivity contribution < 1.29 is 18.3 Å². The number of rotatable bonds is 3. The molecule has 0 aliphatic carbocycles. The lowest BCUT2D eigenvalue weighted by atomic mass is 9.95. The molecule has 0 spiro atoms. The minimum Gasteiger partial charge on any atom is -0.388 e. The van der Waals surface area contributed by atoms with Crippen molar-refractivity contribution in [1.82, 2.24) is 0 Å². The van der Waals surface area contributed by atoms with Crippen LogP contribution in [-0.4, -0.2) is 5.11 Å². The molecule has 1 N–H and O–H groups in total. The molecule has 0 heterocycles. The highest BCUT2D eigenvalue weighted by Gasteiger charge is 2.20. The SMILES string of the molecule is CCC(C)C(O)c1cc(F)c(F)cc1F. The van der Waals surface area contributed by atoms with Gasteiger partial charge in [0, 0.05) is 11.6 Å². The summed E-state index contributed by atoms with van der Waals surface area (Å²) < 4.78 is 38.7. The third-order valence-electron chi connectivity index (χ3n) is 2.54. The topological polar surface area (TPSA) is 20.2 Å². The number of aliphatic hydroxyl groups is 1. The standard InChI is InChI=1S/C11H13F3O/c1-3-6(2)11(15)7-4-9(13)10(14)5-8(7)12/h4-6,11,15H,3H2,1-2H3. The molecule has 0 aromatic heterocycles. The molecule has 0 aliphatic heterocycles. The lowest BCUT2D eigenvalue weighted by molar-refractivity contribution is 0.111. The van der Waals surface area contributed by atoms with E-state index in [9.17, 15) is 18.3 Å². The van der Waals surface area contributed by atoms with Gasteiger partial charge in [0.2, 0.25) is 0 Å². The van der Waals surface area contributed by atoms with Crippen LogP contribution in [0.1, 0.15) is 31.9 Å². The minimum atomic E-state index is -1.24. The third-order valence-corrected chi connectivity index (χ3v) is 2.54. The fourth-order valence-electron chi connectivity index (χ4n) is 1.29. The fourth-order valence-corrected chi connectivity index (χ4v) is 1.29. The van der Waals surface area contributed by atoms with E-state index in [1.807, 2.05) is 6.92 Å². The van der Waals surface area contributed by atoms with Crippen LogP contribution in [0, 0.1) is 23.4 Å². The van der Waals surface area contributed by atoms with Gasteiger partial charge in [0.05, 0.1) is 6.10 Å². The van der Waals surface area contributed by atoms with Gasteiger partial charge in [-0.15, -0.1) is 0 Å². The van der Waals surface area contributed by atoms with Gasteiger partial charge in [0.25, 0.3) is 0 Å². The summed E-state index contributed by atoms with van der Waals surface area (Å²) in [6.45, 7) is 3.54. The Kier molecular flexibility index (Phi) is 3.74. The lowest BCUT2D eigenvalue weighted by Crippen LogP contribution is -2.11. The van der Waals surface area contributed by atoms with Crippen molar-refractivity contribution in [2.75, 3.05) is 0 Å². The summed E-state index contributed by atoms with van der Waals surface area (Å²) in [7, 11) is 0. The summed E-state index contributed by atoms with van der Waals surface area (Å²) in [5.41, 5.74) is -0.191. The Bertz CT molecular complexity index is 352. The number of benzene rings is 1. The first-order valence-electron chi connectivity index (χ1n) is 4.79. The molecular weight excluding hydrogens is 205 g/mol. The summed E-state index contributed by atoms with van der Waals surface area (Å²) in [4.78, 5) is 0. The molecule has 1 aromatic rings. The van der Waals surface area contributed by atoms with Gasteiger partial charge in [-0.1, -0.05) is 20.3 Å². The highest BCUT2D eigenvalue weighted by molar-refractivity contribution is 5.22. The molecule has 2 atom stereocenters. The van der Waals surface area contributed by atoms with Gasteiger partial charge in [0.1, 0.15) is 5.82 Å². The normalized spacial score (nSPS) is 15.1. The van der Waals surface area contributed by atoms with Crippen molar-refractivity contribution in [2.24, 2.45) is 5.92 Å². The van der Waals surface area contributed by atoms with Crippen molar-refractivity contribution in [3.63, 3.8) is 0 Å². The second kappa shape index (κ2) is 4.66. The highest BCUT2D eigenvalue weighted by atomic mass is 19.2. The van der Waals surface area contributed by atoms with E-state index in [1.165, 1.54) is 0 Å². The summed E-state index contributed by atoms with van der Waals surface area (Å²) in [5.74, 6) is -3.51. The molecule has 15 heavy (non-hydrogen) atoms. The zero-order valence-electron chi connectivity index (χ0n) is 8.60. The first kappa shape index (κ1) is 12.0. The van der Waals surface area contributed by atoms with E-state index < -0.39 is 23.6 Å². The Labute approximate surface area is 86.5 Å². The zero-order valence-corrected chi connectivity index (χ0v) is 8.60. The molecular formula is C11H13F3O. The molecule has 0 amide bonds. The largest absolute Gasteiger partial charge is 0.388 e. The van der Waals surface area contributed by atoms with Gasteiger partial charge in [-0.3, -0.25) is 0 Å². The number of halogens is 3. The van der Waals surface area contributed by atoms with Crippen LogP contribution in [-0.2, 0) is 0 Å². The second-order valence-electron chi connectivity index (χ2n) is 3.62. The van der Waals surface area contributed by atoms with Gasteiger partial charge in [-0.05, 0) is 12.0 Å². The fraction of sp³-hybridized carbons (Fsp3) is 0.455. The number of hydrogen-bond acceptors (Lipinski definition) is 1. The van der Waals surface area contributed by atoms with Crippen LogP contribution in [0.4, 0.5) is 13.2 Å². The average Bonchev–Trinajstić information content (AvgIpc) is 2.21. The number of hydrogen-bond donors (Lipinski definition) is 1. The third kappa shape index (κ3) is 2.50. The molecule has 0 radical (unpaired) electrons. The molecule has 0 aliphatic rings. The highest BCUT2D eigenvalue weighted by Crippen LogP contribution is 2.27. The molecule has 2 unspecified atom stereocenters. The van der Waals surface area contributed by atoms with Crippen molar-refractivity contribution in [1.29, 1.82) is 0 Å². The van der Waals surface area contributed by atoms with E-state index in [-0.39, 0.29) is 11.5 Å². The first-order chi connectivity index (χ1) is 6.97. The maximum atomic E-state index is 13.2. The molecule has 84 valence electrons. The molecule has 1 rings (SSSR count). The molecule has 0 fully saturated rings. The van der Waals surface area contributed by atoms with E-state index in [2.05, 4.69) is 0 Å². The van der Waals surface area contributed by atoms with E-state index in [0.717, 1.165) is 0 Å². The van der Waals surface area contributed by atoms with Gasteiger partial charge >= 0.3 is 0 Å². The van der Waals surface area contributed by atoms with Gasteiger partial charge < -0.3 is 5.11 Å². The minimum absolute atomic E-state index is 0.191. The predicted molar refractivity (Wildman–Crippen MR) is 50.7 cm³/mol. The van der Waals surface area contributed by atoms with Crippen LogP contribution in [0.25, 0.3) is 0 Å². The summed E-state index contributed by atoms with van der Waals surface area (Å²) in [6, 6.07) is 1.16. The summed E-state index contributed by atoms with van der Waals surface area (Å²) in [6.07, 6.45) is -0.482. The Balaban J connectivity index is 3.09. The summed E-state index contributed by atoms with van der Waals surface area (Å²) in [5, 5.41) is 9.66. The van der Waals surface area contributed by atoms with Crippen molar-refractivity contribution in [2.45, 2.75) is 26.4 Å². The van der Waals surface area contributed by atoms with Crippen molar-refractivity contribution >= 4 is 0 Å². The Morgan fingerprint density at radius 3 is 2.20 bits per heavy atom. The molecule has 0 saturated carbocycles. The van der Waals surface area contributed by atoms with Crippen LogP contribution in [0.5, 0.6) is 0 Å². The average molecular weight is 218 g/mol. The van der Waals surface area contributed by atoms with Gasteiger partial charge in [0.15, 0.2) is 11.6 Å². The maximum absolute atomic E-state index is 13.2. The predicted octanol–water partition coefficient (Wildman–Crippen LogP) is 3.18. The second-order valence-corrected chi connectivity index (χ2v) is 3.62. The van der Waals surface area contributed by atoms with E-state index in [0.29, 0.717) is 18.6 Å². The van der Waals surface area contributed by atoms with Gasteiger partial charge in [-0.2, -0.15) is 0 Å². The molecule has 1 aromatic carbocycles. The Morgan fingerprint density at radius 2 is 1.67 bits per heavy atom. The summed E-state index contributed by atoms with van der Waals surface area (Å²) >= 11 is 0. The van der Waals surface area contributed by atoms with E-state index >= 15 is 0 Å².